The van der Waals surface area contributed by atoms with E-state index >= 15 is 0 Å². The lowest BCUT2D eigenvalue weighted by Gasteiger charge is -2.36. The first-order chi connectivity index (χ1) is 5.31. The molecular formula is C9H13NSi. The third kappa shape index (κ3) is 1.11. The van der Waals surface area contributed by atoms with E-state index in [0.29, 0.717) is 0 Å². The highest BCUT2D eigenvalue weighted by molar-refractivity contribution is 6.92. The Morgan fingerprint density at radius 3 is 2.73 bits per heavy atom. The van der Waals surface area contributed by atoms with E-state index in [1.165, 1.54) is 18.5 Å². The Bertz CT molecular complexity index is 241. The molecule has 0 aliphatic carbocycles. The van der Waals surface area contributed by atoms with Gasteiger partial charge < -0.3 is 0 Å². The molecule has 0 radical (unpaired) electrons. The SMILES string of the molecule is C[Si]1(c2cccnc2)CCC1. The van der Waals surface area contributed by atoms with Crippen LogP contribution in [-0.4, -0.2) is 13.1 Å². The predicted molar refractivity (Wildman–Crippen MR) is 49.7 cm³/mol. The molecule has 0 aromatic carbocycles. The summed E-state index contributed by atoms with van der Waals surface area (Å²) in [6, 6.07) is 7.25. The summed E-state index contributed by atoms with van der Waals surface area (Å²) < 4.78 is 0. The van der Waals surface area contributed by atoms with Crippen molar-refractivity contribution in [2.45, 2.75) is 25.1 Å². The van der Waals surface area contributed by atoms with Gasteiger partial charge in [-0.1, -0.05) is 31.1 Å². The van der Waals surface area contributed by atoms with Gasteiger partial charge in [-0.25, -0.2) is 0 Å². The molecule has 0 N–H and O–H groups in total. The van der Waals surface area contributed by atoms with Crippen molar-refractivity contribution in [2.75, 3.05) is 0 Å². The van der Waals surface area contributed by atoms with Crippen molar-refractivity contribution in [3.8, 4) is 0 Å². The van der Waals surface area contributed by atoms with Crippen LogP contribution in [0.25, 0.3) is 0 Å². The first-order valence-corrected chi connectivity index (χ1v) is 7.13. The van der Waals surface area contributed by atoms with Crippen molar-refractivity contribution >= 4 is 13.3 Å². The molecule has 1 aromatic rings. The maximum Gasteiger partial charge on any atom is 0.0856 e. The van der Waals surface area contributed by atoms with Gasteiger partial charge >= 0.3 is 0 Å². The number of rotatable bonds is 1. The predicted octanol–water partition coefficient (Wildman–Crippen LogP) is 1.77. The van der Waals surface area contributed by atoms with Crippen LogP contribution >= 0.6 is 0 Å². The molecule has 1 nitrogen and oxygen atoms in total. The Morgan fingerprint density at radius 1 is 1.45 bits per heavy atom. The van der Waals surface area contributed by atoms with E-state index in [2.05, 4.69) is 29.9 Å². The Morgan fingerprint density at radius 2 is 2.27 bits per heavy atom. The third-order valence-electron chi connectivity index (χ3n) is 2.82. The minimum absolute atomic E-state index is 0.935. The summed E-state index contributed by atoms with van der Waals surface area (Å²) in [5.41, 5.74) is 0. The molecule has 0 atom stereocenters. The summed E-state index contributed by atoms with van der Waals surface area (Å²) in [5.74, 6) is 0. The number of aromatic nitrogens is 1. The molecule has 1 fully saturated rings. The standard InChI is InChI=1S/C9H13NSi/c1-11(6-3-7-11)9-4-2-5-10-8-9/h2,4-5,8H,3,6-7H2,1H3. The number of nitrogens with zero attached hydrogens (tertiary/aromatic N) is 1. The van der Waals surface area contributed by atoms with Crippen LogP contribution in [0.5, 0.6) is 0 Å². The van der Waals surface area contributed by atoms with E-state index in [9.17, 15) is 0 Å². The van der Waals surface area contributed by atoms with Crippen LogP contribution in [0.4, 0.5) is 0 Å². The topological polar surface area (TPSA) is 12.9 Å². The van der Waals surface area contributed by atoms with Gasteiger partial charge in [-0.2, -0.15) is 0 Å². The van der Waals surface area contributed by atoms with Crippen molar-refractivity contribution in [1.29, 1.82) is 0 Å². The number of hydrogen-bond donors (Lipinski definition) is 0. The Hall–Kier alpha value is -0.633. The molecule has 2 heteroatoms. The highest BCUT2D eigenvalue weighted by atomic mass is 28.3. The van der Waals surface area contributed by atoms with Gasteiger partial charge in [0.15, 0.2) is 0 Å². The normalized spacial score (nSPS) is 20.8. The summed E-state index contributed by atoms with van der Waals surface area (Å²) in [4.78, 5) is 4.17. The maximum absolute atomic E-state index is 4.17. The molecule has 1 aliphatic heterocycles. The van der Waals surface area contributed by atoms with E-state index < -0.39 is 8.07 Å². The zero-order valence-corrected chi connectivity index (χ0v) is 7.88. The van der Waals surface area contributed by atoms with Crippen LogP contribution in [0.1, 0.15) is 6.42 Å². The highest BCUT2D eigenvalue weighted by Gasteiger charge is 2.35. The molecule has 58 valence electrons. The highest BCUT2D eigenvalue weighted by Crippen LogP contribution is 2.31. The fraction of sp³-hybridized carbons (Fsp3) is 0.444. The summed E-state index contributed by atoms with van der Waals surface area (Å²) in [5, 5.41) is 1.55. The zero-order chi connectivity index (χ0) is 7.73. The van der Waals surface area contributed by atoms with Gasteiger partial charge in [0.25, 0.3) is 0 Å². The first-order valence-electron chi connectivity index (χ1n) is 4.22. The lowest BCUT2D eigenvalue weighted by Crippen LogP contribution is -2.50. The molecule has 0 unspecified atom stereocenters. The van der Waals surface area contributed by atoms with E-state index in [1.54, 1.807) is 5.19 Å². The molecule has 11 heavy (non-hydrogen) atoms. The Kier molecular flexibility index (Phi) is 1.57. The molecule has 1 aliphatic rings. The van der Waals surface area contributed by atoms with Crippen LogP contribution in [0.2, 0.25) is 18.6 Å². The van der Waals surface area contributed by atoms with Gasteiger partial charge in [0.05, 0.1) is 8.07 Å². The van der Waals surface area contributed by atoms with Gasteiger partial charge in [-0.05, 0) is 11.3 Å². The van der Waals surface area contributed by atoms with Gasteiger partial charge in [0.1, 0.15) is 0 Å². The summed E-state index contributed by atoms with van der Waals surface area (Å²) >= 11 is 0. The quantitative estimate of drug-likeness (QED) is 0.575. The second-order valence-electron chi connectivity index (χ2n) is 3.66. The van der Waals surface area contributed by atoms with E-state index in [-0.39, 0.29) is 0 Å². The van der Waals surface area contributed by atoms with E-state index in [4.69, 9.17) is 0 Å². The van der Waals surface area contributed by atoms with Crippen LogP contribution < -0.4 is 5.19 Å². The summed E-state index contributed by atoms with van der Waals surface area (Å²) in [6.45, 7) is 2.47. The van der Waals surface area contributed by atoms with E-state index in [0.717, 1.165) is 0 Å². The molecule has 2 rings (SSSR count). The molecule has 1 aromatic heterocycles. The Labute approximate surface area is 68.5 Å². The molecule has 0 saturated carbocycles. The fourth-order valence-corrected chi connectivity index (χ4v) is 4.59. The van der Waals surface area contributed by atoms with Gasteiger partial charge in [0.2, 0.25) is 0 Å². The lowest BCUT2D eigenvalue weighted by molar-refractivity contribution is 0.916. The Balaban J connectivity index is 2.29. The maximum atomic E-state index is 4.17. The van der Waals surface area contributed by atoms with Crippen LogP contribution in [-0.2, 0) is 0 Å². The monoisotopic (exact) mass is 163 g/mol. The van der Waals surface area contributed by atoms with Crippen LogP contribution in [0.3, 0.4) is 0 Å². The zero-order valence-electron chi connectivity index (χ0n) is 6.88. The van der Waals surface area contributed by atoms with E-state index in [1.807, 2.05) is 6.20 Å². The van der Waals surface area contributed by atoms with Crippen molar-refractivity contribution in [1.82, 2.24) is 4.98 Å². The average Bonchev–Trinajstić information content (AvgIpc) is 2.02. The molecule has 0 spiro atoms. The van der Waals surface area contributed by atoms with Crippen LogP contribution in [0.15, 0.2) is 24.5 Å². The van der Waals surface area contributed by atoms with Crippen LogP contribution in [0, 0.1) is 0 Å². The first kappa shape index (κ1) is 7.04. The van der Waals surface area contributed by atoms with Crippen molar-refractivity contribution in [3.63, 3.8) is 0 Å². The summed E-state index contributed by atoms with van der Waals surface area (Å²) in [6.07, 6.45) is 5.36. The minimum atomic E-state index is -0.935. The van der Waals surface area contributed by atoms with Gasteiger partial charge in [0, 0.05) is 12.4 Å². The molecule has 2 heterocycles. The number of pyridine rings is 1. The van der Waals surface area contributed by atoms with Gasteiger partial charge in [-0.3, -0.25) is 4.98 Å². The van der Waals surface area contributed by atoms with Crippen molar-refractivity contribution in [2.24, 2.45) is 0 Å². The molecule has 0 amide bonds. The van der Waals surface area contributed by atoms with Crippen molar-refractivity contribution < 1.29 is 0 Å². The number of hydrogen-bond acceptors (Lipinski definition) is 1. The lowest BCUT2D eigenvalue weighted by atomic mass is 10.5. The third-order valence-corrected chi connectivity index (χ3v) is 7.42. The second kappa shape index (κ2) is 2.45. The molecular weight excluding hydrogens is 150 g/mol. The largest absolute Gasteiger partial charge is 0.265 e. The second-order valence-corrected chi connectivity index (χ2v) is 8.35. The summed E-state index contributed by atoms with van der Waals surface area (Å²) in [7, 11) is -0.935. The fourth-order valence-electron chi connectivity index (χ4n) is 1.72. The molecule has 1 saturated heterocycles. The van der Waals surface area contributed by atoms with Crippen molar-refractivity contribution in [3.05, 3.63) is 24.5 Å². The average molecular weight is 163 g/mol. The smallest absolute Gasteiger partial charge is 0.0856 e. The van der Waals surface area contributed by atoms with Gasteiger partial charge in [-0.15, -0.1) is 0 Å². The minimum Gasteiger partial charge on any atom is -0.265 e. The molecule has 0 bridgehead atoms.